The minimum Gasteiger partial charge on any atom is -0.484 e. The van der Waals surface area contributed by atoms with E-state index in [9.17, 15) is 23.1 Å². The van der Waals surface area contributed by atoms with Crippen LogP contribution in [0.3, 0.4) is 0 Å². The zero-order valence-electron chi connectivity index (χ0n) is 19.9. The highest BCUT2D eigenvalue weighted by Crippen LogP contribution is 2.26. The minimum absolute atomic E-state index is 0.0281. The molecule has 9 nitrogen and oxygen atoms in total. The second-order valence-electron chi connectivity index (χ2n) is 9.07. The largest absolute Gasteiger partial charge is 0.484 e. The fourth-order valence-corrected chi connectivity index (χ4v) is 4.78. The molecule has 1 heterocycles. The molecule has 3 rings (SSSR count). The van der Waals surface area contributed by atoms with Crippen molar-refractivity contribution in [3.63, 3.8) is 0 Å². The Kier molecular flexibility index (Phi) is 8.52. The summed E-state index contributed by atoms with van der Waals surface area (Å²) in [6.07, 6.45) is 2.20. The summed E-state index contributed by atoms with van der Waals surface area (Å²) in [5.74, 6) is -0.464. The van der Waals surface area contributed by atoms with Crippen molar-refractivity contribution in [2.24, 2.45) is 0 Å². The molecule has 2 aromatic rings. The van der Waals surface area contributed by atoms with Crippen molar-refractivity contribution >= 4 is 21.7 Å². The molecule has 1 aliphatic heterocycles. The van der Waals surface area contributed by atoms with Gasteiger partial charge in [-0.3, -0.25) is 14.8 Å². The molecule has 1 saturated heterocycles. The smallest absolute Gasteiger partial charge is 0.264 e. The number of rotatable bonds is 9. The van der Waals surface area contributed by atoms with Crippen molar-refractivity contribution in [2.75, 3.05) is 26.0 Å². The van der Waals surface area contributed by atoms with E-state index < -0.39 is 20.5 Å². The van der Waals surface area contributed by atoms with E-state index in [1.54, 1.807) is 17.0 Å². The third kappa shape index (κ3) is 6.59. The molecule has 0 unspecified atom stereocenters. The molecule has 190 valence electrons. The Bertz CT molecular complexity index is 1130. The standard InChI is InChI=1S/C25H32N2O7S/c1-25(24(30)26-31,35(2,32)33)14-11-18-3-5-19(6-4-18)20-7-9-22(10-8-20)34-17-23(29)27-15-12-21(28)13-16-27/h3-10,21,28,31H,11-17H2,1-2H3,(H,26,30)/t25-/m1/s1. The monoisotopic (exact) mass is 504 g/mol. The van der Waals surface area contributed by atoms with Crippen LogP contribution in [0, 0.1) is 0 Å². The van der Waals surface area contributed by atoms with Crippen molar-refractivity contribution in [1.29, 1.82) is 0 Å². The van der Waals surface area contributed by atoms with Gasteiger partial charge < -0.3 is 14.7 Å². The van der Waals surface area contributed by atoms with Crippen LogP contribution in [0.2, 0.25) is 0 Å². The summed E-state index contributed by atoms with van der Waals surface area (Å²) in [4.78, 5) is 25.9. The lowest BCUT2D eigenvalue weighted by molar-refractivity contribution is -0.135. The number of carbonyl (C=O) groups is 2. The summed E-state index contributed by atoms with van der Waals surface area (Å²) in [7, 11) is -3.74. The van der Waals surface area contributed by atoms with E-state index in [0.717, 1.165) is 22.9 Å². The zero-order valence-corrected chi connectivity index (χ0v) is 20.8. The molecule has 0 aliphatic carbocycles. The minimum atomic E-state index is -3.74. The first kappa shape index (κ1) is 26.7. The summed E-state index contributed by atoms with van der Waals surface area (Å²) < 4.78 is 28.1. The van der Waals surface area contributed by atoms with Gasteiger partial charge in [0.05, 0.1) is 6.10 Å². The molecule has 0 spiro atoms. The maximum absolute atomic E-state index is 12.3. The Balaban J connectivity index is 1.56. The fraction of sp³-hybridized carbons (Fsp3) is 0.440. The van der Waals surface area contributed by atoms with E-state index in [2.05, 4.69) is 0 Å². The third-order valence-electron chi connectivity index (χ3n) is 6.61. The van der Waals surface area contributed by atoms with E-state index in [0.29, 0.717) is 38.1 Å². The van der Waals surface area contributed by atoms with E-state index in [1.807, 2.05) is 36.4 Å². The van der Waals surface area contributed by atoms with Crippen molar-refractivity contribution in [1.82, 2.24) is 10.4 Å². The number of hydrogen-bond donors (Lipinski definition) is 3. The van der Waals surface area contributed by atoms with Crippen LogP contribution in [-0.2, 0) is 25.8 Å². The number of ether oxygens (including phenoxy) is 1. The molecule has 1 fully saturated rings. The molecular formula is C25H32N2O7S. The van der Waals surface area contributed by atoms with Crippen LogP contribution >= 0.6 is 0 Å². The van der Waals surface area contributed by atoms with Crippen LogP contribution in [0.25, 0.3) is 11.1 Å². The maximum Gasteiger partial charge on any atom is 0.264 e. The highest BCUT2D eigenvalue weighted by molar-refractivity contribution is 7.92. The topological polar surface area (TPSA) is 133 Å². The van der Waals surface area contributed by atoms with Crippen molar-refractivity contribution < 1.29 is 33.1 Å². The van der Waals surface area contributed by atoms with Gasteiger partial charge in [0.15, 0.2) is 16.4 Å². The van der Waals surface area contributed by atoms with Crippen LogP contribution in [0.1, 0.15) is 31.7 Å². The van der Waals surface area contributed by atoms with Gasteiger partial charge in [0, 0.05) is 19.3 Å². The summed E-state index contributed by atoms with van der Waals surface area (Å²) in [5.41, 5.74) is 4.21. The molecule has 2 amide bonds. The number of amides is 2. The Hall–Kier alpha value is -2.95. The van der Waals surface area contributed by atoms with Gasteiger partial charge in [-0.25, -0.2) is 13.9 Å². The van der Waals surface area contributed by atoms with E-state index in [-0.39, 0.29) is 25.0 Å². The predicted molar refractivity (Wildman–Crippen MR) is 131 cm³/mol. The number of benzene rings is 2. The molecular weight excluding hydrogens is 472 g/mol. The number of aliphatic hydroxyl groups is 1. The van der Waals surface area contributed by atoms with Crippen LogP contribution in [0.5, 0.6) is 5.75 Å². The molecule has 0 radical (unpaired) electrons. The average molecular weight is 505 g/mol. The molecule has 35 heavy (non-hydrogen) atoms. The van der Waals surface area contributed by atoms with Crippen LogP contribution < -0.4 is 10.2 Å². The maximum atomic E-state index is 12.3. The van der Waals surface area contributed by atoms with Crippen LogP contribution in [0.4, 0.5) is 0 Å². The Morgan fingerprint density at radius 3 is 2.11 bits per heavy atom. The summed E-state index contributed by atoms with van der Waals surface area (Å²) in [5, 5.41) is 18.5. The molecule has 1 aliphatic rings. The lowest BCUT2D eigenvalue weighted by Crippen LogP contribution is -2.49. The SMILES string of the molecule is C[C@@](CCc1ccc(-c2ccc(OCC(=O)N3CCC(O)CC3)cc2)cc1)(C(=O)NO)S(C)(=O)=O. The number of likely N-dealkylation sites (tertiary alicyclic amines) is 1. The molecule has 1 atom stereocenters. The number of hydroxylamine groups is 1. The Morgan fingerprint density at radius 2 is 1.60 bits per heavy atom. The predicted octanol–water partition coefficient (Wildman–Crippen LogP) is 1.96. The van der Waals surface area contributed by atoms with Crippen molar-refractivity contribution in [3.05, 3.63) is 54.1 Å². The van der Waals surface area contributed by atoms with E-state index in [4.69, 9.17) is 9.94 Å². The molecule has 0 aromatic heterocycles. The molecule has 0 saturated carbocycles. The number of aryl methyl sites for hydroxylation is 1. The average Bonchev–Trinajstić information content (AvgIpc) is 2.85. The quantitative estimate of drug-likeness (QED) is 0.351. The fourth-order valence-electron chi connectivity index (χ4n) is 3.93. The van der Waals surface area contributed by atoms with Crippen molar-refractivity contribution in [2.45, 2.75) is 43.5 Å². The van der Waals surface area contributed by atoms with Gasteiger partial charge >= 0.3 is 0 Å². The summed E-state index contributed by atoms with van der Waals surface area (Å²) >= 11 is 0. The molecule has 3 N–H and O–H groups in total. The third-order valence-corrected chi connectivity index (χ3v) is 8.64. The number of nitrogens with zero attached hydrogens (tertiary/aromatic N) is 1. The number of nitrogens with one attached hydrogen (secondary N) is 1. The Morgan fingerprint density at radius 1 is 1.06 bits per heavy atom. The van der Waals surface area contributed by atoms with E-state index >= 15 is 0 Å². The lowest BCUT2D eigenvalue weighted by atomic mass is 9.97. The van der Waals surface area contributed by atoms with Gasteiger partial charge in [0.25, 0.3) is 11.8 Å². The number of sulfone groups is 1. The van der Waals surface area contributed by atoms with Gasteiger partial charge in [0.1, 0.15) is 10.5 Å². The van der Waals surface area contributed by atoms with Gasteiger partial charge in [-0.15, -0.1) is 0 Å². The van der Waals surface area contributed by atoms with Crippen molar-refractivity contribution in [3.8, 4) is 16.9 Å². The first-order chi connectivity index (χ1) is 16.5. The highest BCUT2D eigenvalue weighted by atomic mass is 32.2. The number of aliphatic hydroxyl groups excluding tert-OH is 1. The normalized spacial score (nSPS) is 16.4. The first-order valence-corrected chi connectivity index (χ1v) is 13.3. The number of carbonyl (C=O) groups excluding carboxylic acids is 2. The highest BCUT2D eigenvalue weighted by Gasteiger charge is 2.43. The summed E-state index contributed by atoms with van der Waals surface area (Å²) in [6.45, 7) is 2.34. The van der Waals surface area contributed by atoms with Gasteiger partial charge in [-0.05, 0) is 61.4 Å². The van der Waals surface area contributed by atoms with Crippen LogP contribution in [0.15, 0.2) is 48.5 Å². The molecule has 0 bridgehead atoms. The van der Waals surface area contributed by atoms with E-state index in [1.165, 1.54) is 12.4 Å². The second kappa shape index (κ2) is 11.2. The van der Waals surface area contributed by atoms with Gasteiger partial charge in [0.2, 0.25) is 0 Å². The van der Waals surface area contributed by atoms with Gasteiger partial charge in [-0.2, -0.15) is 0 Å². The Labute approximate surface area is 205 Å². The second-order valence-corrected chi connectivity index (χ2v) is 11.5. The summed E-state index contributed by atoms with van der Waals surface area (Å²) in [6, 6.07) is 14.9. The zero-order chi connectivity index (χ0) is 25.6. The first-order valence-electron chi connectivity index (χ1n) is 11.5. The molecule has 10 heteroatoms. The lowest BCUT2D eigenvalue weighted by Gasteiger charge is -2.29. The number of hydrogen-bond acceptors (Lipinski definition) is 7. The molecule has 2 aromatic carbocycles. The van der Waals surface area contributed by atoms with Crippen LogP contribution in [-0.4, -0.2) is 72.2 Å². The number of piperidine rings is 1. The van der Waals surface area contributed by atoms with Gasteiger partial charge in [-0.1, -0.05) is 36.4 Å².